The van der Waals surface area contributed by atoms with Crippen LogP contribution < -0.4 is 0 Å². The van der Waals surface area contributed by atoms with E-state index in [0.717, 1.165) is 11.3 Å². The largest absolute Gasteiger partial charge is 0.329 e. The Morgan fingerprint density at radius 1 is 1.40 bits per heavy atom. The summed E-state index contributed by atoms with van der Waals surface area (Å²) in [6.07, 6.45) is 3.48. The van der Waals surface area contributed by atoms with Crippen molar-refractivity contribution in [3.63, 3.8) is 0 Å². The van der Waals surface area contributed by atoms with E-state index in [1.807, 2.05) is 10.6 Å². The molecule has 6 heteroatoms. The predicted molar refractivity (Wildman–Crippen MR) is 65.2 cm³/mol. The first-order valence-corrected chi connectivity index (χ1v) is 6.30. The molecule has 0 aliphatic rings. The van der Waals surface area contributed by atoms with Gasteiger partial charge in [0.05, 0.1) is 33.1 Å². The third kappa shape index (κ3) is 2.48. The molecule has 2 heterocycles. The molecule has 0 saturated carbocycles. The fraction of sp³-hybridized carbons (Fsp3) is 0.222. The van der Waals surface area contributed by atoms with Crippen LogP contribution in [0.2, 0.25) is 8.67 Å². The molecule has 0 spiro atoms. The average Bonchev–Trinajstić information content (AvgIpc) is 2.74. The Kier molecular flexibility index (Phi) is 3.57. The first-order valence-electron chi connectivity index (χ1n) is 4.19. The predicted octanol–water partition coefficient (Wildman–Crippen LogP) is 4.04. The average molecular weight is 282 g/mol. The lowest BCUT2D eigenvalue weighted by Gasteiger charge is -2.04. The molecule has 0 saturated heterocycles. The first-order chi connectivity index (χ1) is 7.20. The Labute approximate surface area is 106 Å². The number of hydrogen-bond acceptors (Lipinski definition) is 2. The van der Waals surface area contributed by atoms with Crippen molar-refractivity contribution >= 4 is 46.1 Å². The smallest absolute Gasteiger partial charge is 0.0994 e. The summed E-state index contributed by atoms with van der Waals surface area (Å²) >= 11 is 19.0. The first kappa shape index (κ1) is 11.3. The molecule has 0 atom stereocenters. The molecule has 0 amide bonds. The van der Waals surface area contributed by atoms with Crippen molar-refractivity contribution in [2.75, 3.05) is 0 Å². The Hall–Kier alpha value is -0.220. The van der Waals surface area contributed by atoms with Gasteiger partial charge >= 0.3 is 0 Å². The SMILES string of the molecule is ClCc1cncn1Cc1cc(Cl)sc1Cl. The fourth-order valence-electron chi connectivity index (χ4n) is 1.27. The molecule has 0 N–H and O–H groups in total. The minimum atomic E-state index is 0.440. The van der Waals surface area contributed by atoms with Gasteiger partial charge in [0.25, 0.3) is 0 Å². The van der Waals surface area contributed by atoms with E-state index in [1.54, 1.807) is 12.5 Å². The minimum absolute atomic E-state index is 0.440. The van der Waals surface area contributed by atoms with Crippen molar-refractivity contribution in [3.05, 3.63) is 38.5 Å². The van der Waals surface area contributed by atoms with Crippen LogP contribution in [-0.2, 0) is 12.4 Å². The van der Waals surface area contributed by atoms with Gasteiger partial charge in [0, 0.05) is 11.8 Å². The molecule has 0 unspecified atom stereocenters. The van der Waals surface area contributed by atoms with Gasteiger partial charge in [-0.05, 0) is 6.07 Å². The molecule has 0 aromatic carbocycles. The number of rotatable bonds is 3. The van der Waals surface area contributed by atoms with Crippen LogP contribution in [0.4, 0.5) is 0 Å². The monoisotopic (exact) mass is 280 g/mol. The van der Waals surface area contributed by atoms with E-state index in [-0.39, 0.29) is 0 Å². The lowest BCUT2D eigenvalue weighted by Crippen LogP contribution is -2.00. The van der Waals surface area contributed by atoms with Gasteiger partial charge in [-0.1, -0.05) is 23.2 Å². The zero-order valence-corrected chi connectivity index (χ0v) is 10.7. The third-order valence-electron chi connectivity index (χ3n) is 2.00. The fourth-order valence-corrected chi connectivity index (χ4v) is 2.96. The molecule has 15 heavy (non-hydrogen) atoms. The molecule has 0 radical (unpaired) electrons. The van der Waals surface area contributed by atoms with Crippen LogP contribution in [0, 0.1) is 0 Å². The van der Waals surface area contributed by atoms with E-state index in [2.05, 4.69) is 4.98 Å². The number of aromatic nitrogens is 2. The maximum atomic E-state index is 6.02. The van der Waals surface area contributed by atoms with E-state index < -0.39 is 0 Å². The van der Waals surface area contributed by atoms with Gasteiger partial charge in [0.15, 0.2) is 0 Å². The second kappa shape index (κ2) is 4.74. The maximum Gasteiger partial charge on any atom is 0.0994 e. The standard InChI is InChI=1S/C9H7Cl3N2S/c10-2-7-3-13-5-14(7)4-6-1-8(11)15-9(6)12/h1,3,5H,2,4H2. The number of halogens is 3. The second-order valence-corrected chi connectivity index (χ2v) is 5.55. The molecule has 2 nitrogen and oxygen atoms in total. The van der Waals surface area contributed by atoms with Gasteiger partial charge in [-0.15, -0.1) is 22.9 Å². The number of alkyl halides is 1. The van der Waals surface area contributed by atoms with Crippen LogP contribution in [0.3, 0.4) is 0 Å². The van der Waals surface area contributed by atoms with Gasteiger partial charge in [0.2, 0.25) is 0 Å². The van der Waals surface area contributed by atoms with Crippen molar-refractivity contribution in [2.24, 2.45) is 0 Å². The van der Waals surface area contributed by atoms with Crippen LogP contribution in [0.25, 0.3) is 0 Å². The van der Waals surface area contributed by atoms with Crippen LogP contribution in [0.15, 0.2) is 18.6 Å². The van der Waals surface area contributed by atoms with Crippen molar-refractivity contribution in [1.82, 2.24) is 9.55 Å². The summed E-state index contributed by atoms with van der Waals surface area (Å²) < 4.78 is 3.37. The van der Waals surface area contributed by atoms with Crippen LogP contribution in [-0.4, -0.2) is 9.55 Å². The highest BCUT2D eigenvalue weighted by Gasteiger charge is 2.08. The number of imidazole rings is 1. The van der Waals surface area contributed by atoms with Gasteiger partial charge in [0.1, 0.15) is 0 Å². The van der Waals surface area contributed by atoms with E-state index >= 15 is 0 Å². The third-order valence-corrected chi connectivity index (χ3v) is 3.85. The molecule has 2 aromatic rings. The van der Waals surface area contributed by atoms with Crippen molar-refractivity contribution in [2.45, 2.75) is 12.4 Å². The minimum Gasteiger partial charge on any atom is -0.329 e. The molecular weight excluding hydrogens is 275 g/mol. The van der Waals surface area contributed by atoms with Gasteiger partial charge < -0.3 is 4.57 Å². The van der Waals surface area contributed by atoms with Crippen LogP contribution in [0.1, 0.15) is 11.3 Å². The lowest BCUT2D eigenvalue weighted by molar-refractivity contribution is 0.767. The Morgan fingerprint density at radius 2 is 2.20 bits per heavy atom. The zero-order valence-electron chi connectivity index (χ0n) is 7.58. The summed E-state index contributed by atoms with van der Waals surface area (Å²) in [6, 6.07) is 1.87. The van der Waals surface area contributed by atoms with Crippen molar-refractivity contribution < 1.29 is 0 Å². The van der Waals surface area contributed by atoms with E-state index in [4.69, 9.17) is 34.8 Å². The second-order valence-electron chi connectivity index (χ2n) is 3.00. The van der Waals surface area contributed by atoms with Crippen LogP contribution in [0.5, 0.6) is 0 Å². The highest BCUT2D eigenvalue weighted by Crippen LogP contribution is 2.31. The highest BCUT2D eigenvalue weighted by molar-refractivity contribution is 7.20. The molecule has 0 fully saturated rings. The van der Waals surface area contributed by atoms with Crippen LogP contribution >= 0.6 is 46.1 Å². The Bertz CT molecular complexity index is 464. The maximum absolute atomic E-state index is 6.02. The summed E-state index contributed by atoms with van der Waals surface area (Å²) in [5, 5.41) is 0. The van der Waals surface area contributed by atoms with E-state index in [9.17, 15) is 0 Å². The lowest BCUT2D eigenvalue weighted by atomic mass is 10.3. The van der Waals surface area contributed by atoms with Crippen molar-refractivity contribution in [3.8, 4) is 0 Å². The number of thiophene rings is 1. The number of nitrogens with zero attached hydrogens (tertiary/aromatic N) is 2. The Balaban J connectivity index is 2.25. The summed E-state index contributed by atoms with van der Waals surface area (Å²) in [4.78, 5) is 4.03. The molecule has 0 aliphatic heterocycles. The summed E-state index contributed by atoms with van der Waals surface area (Å²) in [5.74, 6) is 0.440. The highest BCUT2D eigenvalue weighted by atomic mass is 35.5. The summed E-state index contributed by atoms with van der Waals surface area (Å²) in [5.41, 5.74) is 1.96. The normalized spacial score (nSPS) is 10.9. The molecular formula is C9H7Cl3N2S. The summed E-state index contributed by atoms with van der Waals surface area (Å²) in [7, 11) is 0. The molecule has 0 bridgehead atoms. The number of hydrogen-bond donors (Lipinski definition) is 0. The molecule has 2 rings (SSSR count). The van der Waals surface area contributed by atoms with Gasteiger partial charge in [-0.25, -0.2) is 4.98 Å². The molecule has 0 aliphatic carbocycles. The van der Waals surface area contributed by atoms with Gasteiger partial charge in [-0.2, -0.15) is 0 Å². The molecule has 2 aromatic heterocycles. The van der Waals surface area contributed by atoms with Crippen molar-refractivity contribution in [1.29, 1.82) is 0 Å². The molecule has 80 valence electrons. The van der Waals surface area contributed by atoms with Gasteiger partial charge in [-0.3, -0.25) is 0 Å². The zero-order chi connectivity index (χ0) is 10.8. The Morgan fingerprint density at radius 3 is 2.80 bits per heavy atom. The van der Waals surface area contributed by atoms with E-state index in [1.165, 1.54) is 11.3 Å². The quantitative estimate of drug-likeness (QED) is 0.777. The summed E-state index contributed by atoms with van der Waals surface area (Å²) in [6.45, 7) is 0.657. The van der Waals surface area contributed by atoms with E-state index in [0.29, 0.717) is 21.1 Å². The topological polar surface area (TPSA) is 17.8 Å².